The SMILES string of the molecule is CC(C)(C)S(=O)(=O)CCCNC(=O)c1cncc(C2CC2)c1. The van der Waals surface area contributed by atoms with Crippen molar-refractivity contribution in [1.29, 1.82) is 0 Å². The molecule has 1 saturated carbocycles. The number of carbonyl (C=O) groups is 1. The van der Waals surface area contributed by atoms with Crippen molar-refractivity contribution in [3.8, 4) is 0 Å². The highest BCUT2D eigenvalue weighted by Crippen LogP contribution is 2.39. The zero-order valence-corrected chi connectivity index (χ0v) is 14.2. The average Bonchev–Trinajstić information content (AvgIpc) is 3.27. The monoisotopic (exact) mass is 324 g/mol. The molecule has 1 fully saturated rings. The smallest absolute Gasteiger partial charge is 0.252 e. The van der Waals surface area contributed by atoms with Crippen LogP contribution in [0.15, 0.2) is 18.5 Å². The Labute approximate surface area is 132 Å². The Bertz CT molecular complexity index is 644. The van der Waals surface area contributed by atoms with Gasteiger partial charge in [0.1, 0.15) is 0 Å². The van der Waals surface area contributed by atoms with Gasteiger partial charge in [0.2, 0.25) is 0 Å². The molecule has 1 aliphatic rings. The molecule has 1 aliphatic carbocycles. The zero-order valence-electron chi connectivity index (χ0n) is 13.4. The lowest BCUT2D eigenvalue weighted by molar-refractivity contribution is 0.0953. The summed E-state index contributed by atoms with van der Waals surface area (Å²) in [5.74, 6) is 0.442. The Hall–Kier alpha value is -1.43. The third-order valence-electron chi connectivity index (χ3n) is 3.88. The van der Waals surface area contributed by atoms with Gasteiger partial charge in [-0.2, -0.15) is 0 Å². The molecule has 1 aromatic heterocycles. The normalized spacial score (nSPS) is 15.6. The molecule has 1 aromatic rings. The molecule has 0 spiro atoms. The molecule has 2 rings (SSSR count). The van der Waals surface area contributed by atoms with Crippen molar-refractivity contribution < 1.29 is 13.2 Å². The minimum absolute atomic E-state index is 0.0805. The molecule has 5 nitrogen and oxygen atoms in total. The summed E-state index contributed by atoms with van der Waals surface area (Å²) < 4.78 is 23.2. The van der Waals surface area contributed by atoms with Gasteiger partial charge < -0.3 is 5.32 Å². The number of amides is 1. The predicted molar refractivity (Wildman–Crippen MR) is 86.7 cm³/mol. The molecule has 0 bridgehead atoms. The first-order valence-electron chi connectivity index (χ1n) is 7.66. The molecule has 0 aliphatic heterocycles. The van der Waals surface area contributed by atoms with Crippen LogP contribution in [0.4, 0.5) is 0 Å². The van der Waals surface area contributed by atoms with Gasteiger partial charge in [0.05, 0.1) is 16.1 Å². The fourth-order valence-electron chi connectivity index (χ4n) is 2.09. The summed E-state index contributed by atoms with van der Waals surface area (Å²) in [6, 6.07) is 1.88. The zero-order chi connectivity index (χ0) is 16.4. The number of hydrogen-bond donors (Lipinski definition) is 1. The van der Waals surface area contributed by atoms with Crippen LogP contribution in [-0.2, 0) is 9.84 Å². The number of hydrogen-bond acceptors (Lipinski definition) is 4. The second-order valence-corrected chi connectivity index (χ2v) is 9.68. The molecule has 22 heavy (non-hydrogen) atoms. The lowest BCUT2D eigenvalue weighted by Crippen LogP contribution is -2.32. The molecule has 6 heteroatoms. The maximum atomic E-state index is 12.1. The molecule has 0 aromatic carbocycles. The van der Waals surface area contributed by atoms with Gasteiger partial charge in [0, 0.05) is 18.9 Å². The summed E-state index contributed by atoms with van der Waals surface area (Å²) in [6.45, 7) is 5.42. The van der Waals surface area contributed by atoms with Crippen LogP contribution in [0.2, 0.25) is 0 Å². The lowest BCUT2D eigenvalue weighted by Gasteiger charge is -2.19. The summed E-state index contributed by atoms with van der Waals surface area (Å²) in [5, 5.41) is 2.77. The Morgan fingerprint density at radius 2 is 2.00 bits per heavy atom. The summed E-state index contributed by atoms with van der Waals surface area (Å²) >= 11 is 0. The van der Waals surface area contributed by atoms with Gasteiger partial charge in [0.25, 0.3) is 5.91 Å². The van der Waals surface area contributed by atoms with E-state index in [1.807, 2.05) is 12.3 Å². The molecular formula is C16H24N2O3S. The molecular weight excluding hydrogens is 300 g/mol. The second kappa shape index (κ2) is 6.36. The van der Waals surface area contributed by atoms with Crippen LogP contribution < -0.4 is 5.32 Å². The molecule has 0 radical (unpaired) electrons. The van der Waals surface area contributed by atoms with Gasteiger partial charge in [0.15, 0.2) is 9.84 Å². The van der Waals surface area contributed by atoms with Crippen molar-refractivity contribution in [3.05, 3.63) is 29.6 Å². The average molecular weight is 324 g/mol. The fourth-order valence-corrected chi connectivity index (χ4v) is 3.23. The predicted octanol–water partition coefficient (Wildman–Crippen LogP) is 2.29. The first kappa shape index (κ1) is 16.9. The standard InChI is InChI=1S/C16H24N2O3S/c1-16(2,3)22(20,21)8-4-7-18-15(19)14-9-13(10-17-11-14)12-5-6-12/h9-12H,4-8H2,1-3H3,(H,18,19). The van der Waals surface area contributed by atoms with Crippen LogP contribution in [0, 0.1) is 0 Å². The van der Waals surface area contributed by atoms with Crippen LogP contribution in [0.5, 0.6) is 0 Å². The van der Waals surface area contributed by atoms with Gasteiger partial charge in [-0.25, -0.2) is 8.42 Å². The highest BCUT2D eigenvalue weighted by molar-refractivity contribution is 7.92. The highest BCUT2D eigenvalue weighted by atomic mass is 32.2. The van der Waals surface area contributed by atoms with E-state index in [0.717, 1.165) is 18.4 Å². The number of nitrogens with zero attached hydrogens (tertiary/aromatic N) is 1. The third-order valence-corrected chi connectivity index (χ3v) is 6.57. The lowest BCUT2D eigenvalue weighted by atomic mass is 10.1. The summed E-state index contributed by atoms with van der Waals surface area (Å²) in [5.41, 5.74) is 1.66. The van der Waals surface area contributed by atoms with Gasteiger partial charge in [-0.3, -0.25) is 9.78 Å². The van der Waals surface area contributed by atoms with Crippen LogP contribution >= 0.6 is 0 Å². The van der Waals surface area contributed by atoms with E-state index in [9.17, 15) is 13.2 Å². The van der Waals surface area contributed by atoms with Gasteiger partial charge >= 0.3 is 0 Å². The molecule has 1 heterocycles. The quantitative estimate of drug-likeness (QED) is 0.815. The van der Waals surface area contributed by atoms with E-state index in [1.165, 1.54) is 0 Å². The van der Waals surface area contributed by atoms with Crippen molar-refractivity contribution >= 4 is 15.7 Å². The van der Waals surface area contributed by atoms with Gasteiger partial charge in [-0.05, 0) is 57.6 Å². The van der Waals surface area contributed by atoms with E-state index in [0.29, 0.717) is 24.4 Å². The number of rotatable bonds is 6. The maximum absolute atomic E-state index is 12.1. The van der Waals surface area contributed by atoms with E-state index in [2.05, 4.69) is 10.3 Å². The Kier molecular flexibility index (Phi) is 4.90. The number of pyridine rings is 1. The van der Waals surface area contributed by atoms with Crippen molar-refractivity contribution in [3.63, 3.8) is 0 Å². The number of nitrogens with one attached hydrogen (secondary N) is 1. The van der Waals surface area contributed by atoms with Crippen molar-refractivity contribution in [2.24, 2.45) is 0 Å². The van der Waals surface area contributed by atoms with Crippen LogP contribution in [0.25, 0.3) is 0 Å². The van der Waals surface area contributed by atoms with Gasteiger partial charge in [-0.15, -0.1) is 0 Å². The minimum atomic E-state index is -3.13. The van der Waals surface area contributed by atoms with Crippen molar-refractivity contribution in [2.45, 2.75) is 50.7 Å². The molecule has 1 N–H and O–H groups in total. The summed E-state index contributed by atoms with van der Waals surface area (Å²) in [7, 11) is -3.13. The molecule has 0 unspecified atom stereocenters. The Morgan fingerprint density at radius 3 is 2.59 bits per heavy atom. The molecule has 0 atom stereocenters. The van der Waals surface area contributed by atoms with Crippen LogP contribution in [0.3, 0.4) is 0 Å². The van der Waals surface area contributed by atoms with E-state index in [-0.39, 0.29) is 11.7 Å². The summed E-state index contributed by atoms with van der Waals surface area (Å²) in [4.78, 5) is 16.2. The van der Waals surface area contributed by atoms with E-state index >= 15 is 0 Å². The third kappa shape index (κ3) is 4.29. The first-order valence-corrected chi connectivity index (χ1v) is 9.31. The molecule has 122 valence electrons. The number of carbonyl (C=O) groups excluding carboxylic acids is 1. The highest BCUT2D eigenvalue weighted by Gasteiger charge is 2.28. The van der Waals surface area contributed by atoms with Crippen molar-refractivity contribution in [1.82, 2.24) is 10.3 Å². The second-order valence-electron chi connectivity index (χ2n) is 6.82. The minimum Gasteiger partial charge on any atom is -0.352 e. The number of aromatic nitrogens is 1. The Balaban J connectivity index is 1.82. The van der Waals surface area contributed by atoms with E-state index in [1.54, 1.807) is 27.0 Å². The first-order chi connectivity index (χ1) is 10.2. The van der Waals surface area contributed by atoms with Gasteiger partial charge in [-0.1, -0.05) is 0 Å². The van der Waals surface area contributed by atoms with E-state index < -0.39 is 14.6 Å². The largest absolute Gasteiger partial charge is 0.352 e. The molecule has 1 amide bonds. The van der Waals surface area contributed by atoms with Crippen molar-refractivity contribution in [2.75, 3.05) is 12.3 Å². The Morgan fingerprint density at radius 1 is 1.32 bits per heavy atom. The maximum Gasteiger partial charge on any atom is 0.252 e. The topological polar surface area (TPSA) is 76.1 Å². The van der Waals surface area contributed by atoms with E-state index in [4.69, 9.17) is 0 Å². The van der Waals surface area contributed by atoms with Crippen LogP contribution in [0.1, 0.15) is 61.9 Å². The molecule has 0 saturated heterocycles. The fraction of sp³-hybridized carbons (Fsp3) is 0.625. The summed E-state index contributed by atoms with van der Waals surface area (Å²) in [6.07, 6.45) is 6.10. The van der Waals surface area contributed by atoms with Crippen LogP contribution in [-0.4, -0.2) is 36.4 Å². The number of sulfone groups is 1.